The molecule has 0 aliphatic carbocycles. The molecular weight excluding hydrogens is 446 g/mol. The average molecular weight is 480 g/mol. The molecule has 0 radical (unpaired) electrons. The number of carbonyl (C=O) groups excluding carboxylic acids is 2. The summed E-state index contributed by atoms with van der Waals surface area (Å²) in [5, 5.41) is 11.2. The number of benzene rings is 2. The van der Waals surface area contributed by atoms with Crippen molar-refractivity contribution >= 4 is 17.4 Å². The van der Waals surface area contributed by atoms with Crippen LogP contribution in [0.15, 0.2) is 54.1 Å². The van der Waals surface area contributed by atoms with Gasteiger partial charge in [-0.1, -0.05) is 31.9 Å². The summed E-state index contributed by atoms with van der Waals surface area (Å²) in [5.41, 5.74) is 1.26. The molecule has 0 bridgehead atoms. The fourth-order valence-electron chi connectivity index (χ4n) is 4.62. The van der Waals surface area contributed by atoms with E-state index in [1.165, 1.54) is 4.90 Å². The van der Waals surface area contributed by atoms with Gasteiger partial charge in [0.15, 0.2) is 0 Å². The monoisotopic (exact) mass is 479 g/mol. The zero-order valence-electron chi connectivity index (χ0n) is 20.4. The molecule has 2 aliphatic heterocycles. The Kier molecular flexibility index (Phi) is 8.08. The van der Waals surface area contributed by atoms with E-state index in [-0.39, 0.29) is 17.4 Å². The van der Waals surface area contributed by atoms with Gasteiger partial charge in [0, 0.05) is 18.7 Å². The van der Waals surface area contributed by atoms with Gasteiger partial charge in [-0.15, -0.1) is 0 Å². The van der Waals surface area contributed by atoms with Crippen LogP contribution in [-0.4, -0.2) is 54.7 Å². The van der Waals surface area contributed by atoms with Gasteiger partial charge in [0.05, 0.1) is 31.4 Å². The molecule has 1 N–H and O–H groups in total. The Balaban J connectivity index is 1.68. The van der Waals surface area contributed by atoms with E-state index in [1.54, 1.807) is 31.4 Å². The van der Waals surface area contributed by atoms with Gasteiger partial charge in [0.1, 0.15) is 17.3 Å². The highest BCUT2D eigenvalue weighted by Crippen LogP contribution is 2.40. The van der Waals surface area contributed by atoms with Crippen molar-refractivity contribution in [1.29, 1.82) is 0 Å². The summed E-state index contributed by atoms with van der Waals surface area (Å²) in [6.45, 7) is 3.73. The topological polar surface area (TPSA) is 85.3 Å². The Morgan fingerprint density at radius 3 is 2.40 bits per heavy atom. The number of ketones is 1. The van der Waals surface area contributed by atoms with Gasteiger partial charge in [-0.3, -0.25) is 9.59 Å². The standard InChI is InChI=1S/C28H33NO6/c1-3-4-5-16-34-22-14-8-19(9-15-22)25-24(26(30)20-10-12-21(33-2)13-11-20)27(31)28(32)29(25)18-23-7-6-17-35-23/h8-15,23,25,30H,3-7,16-18H2,1-2H3. The molecule has 2 fully saturated rings. The Labute approximate surface area is 206 Å². The summed E-state index contributed by atoms with van der Waals surface area (Å²) in [7, 11) is 1.56. The van der Waals surface area contributed by atoms with E-state index in [2.05, 4.69) is 6.92 Å². The maximum Gasteiger partial charge on any atom is 0.295 e. The van der Waals surface area contributed by atoms with Gasteiger partial charge in [-0.2, -0.15) is 0 Å². The smallest absolute Gasteiger partial charge is 0.295 e. The highest BCUT2D eigenvalue weighted by Gasteiger charge is 2.47. The zero-order valence-corrected chi connectivity index (χ0v) is 20.4. The van der Waals surface area contributed by atoms with Crippen LogP contribution in [-0.2, 0) is 14.3 Å². The minimum atomic E-state index is -0.713. The number of ether oxygens (including phenoxy) is 3. The number of carbonyl (C=O) groups is 2. The number of amides is 1. The number of aliphatic hydroxyl groups excluding tert-OH is 1. The third kappa shape index (κ3) is 5.51. The highest BCUT2D eigenvalue weighted by atomic mass is 16.5. The minimum absolute atomic E-state index is 0.0785. The minimum Gasteiger partial charge on any atom is -0.507 e. The van der Waals surface area contributed by atoms with Gasteiger partial charge in [-0.25, -0.2) is 0 Å². The lowest BCUT2D eigenvalue weighted by Gasteiger charge is -2.27. The van der Waals surface area contributed by atoms with Crippen LogP contribution in [0.1, 0.15) is 56.2 Å². The predicted molar refractivity (Wildman–Crippen MR) is 132 cm³/mol. The van der Waals surface area contributed by atoms with E-state index in [4.69, 9.17) is 14.2 Å². The van der Waals surface area contributed by atoms with Crippen molar-refractivity contribution in [2.45, 2.75) is 51.2 Å². The van der Waals surface area contributed by atoms with Crippen LogP contribution in [0.3, 0.4) is 0 Å². The van der Waals surface area contributed by atoms with E-state index in [0.29, 0.717) is 31.1 Å². The SMILES string of the molecule is CCCCCOc1ccc(C2C(=C(O)c3ccc(OC)cc3)C(=O)C(=O)N2CC2CCCO2)cc1. The number of Topliss-reactive ketones (excluding diaryl/α,β-unsaturated/α-hetero) is 1. The fourth-order valence-corrected chi connectivity index (χ4v) is 4.62. The second kappa shape index (κ2) is 11.4. The van der Waals surface area contributed by atoms with Crippen molar-refractivity contribution in [2.24, 2.45) is 0 Å². The first-order valence-electron chi connectivity index (χ1n) is 12.3. The summed E-state index contributed by atoms with van der Waals surface area (Å²) in [6.07, 6.45) is 4.86. The van der Waals surface area contributed by atoms with Crippen molar-refractivity contribution in [3.8, 4) is 11.5 Å². The van der Waals surface area contributed by atoms with Gasteiger partial charge < -0.3 is 24.2 Å². The maximum absolute atomic E-state index is 13.2. The first-order chi connectivity index (χ1) is 17.0. The summed E-state index contributed by atoms with van der Waals surface area (Å²) >= 11 is 0. The van der Waals surface area contributed by atoms with Crippen molar-refractivity contribution in [2.75, 3.05) is 26.9 Å². The lowest BCUT2D eigenvalue weighted by atomic mass is 9.95. The summed E-state index contributed by atoms with van der Waals surface area (Å²) in [6, 6.07) is 13.5. The molecule has 0 saturated carbocycles. The number of rotatable bonds is 10. The summed E-state index contributed by atoms with van der Waals surface area (Å²) < 4.78 is 16.8. The second-order valence-corrected chi connectivity index (χ2v) is 8.94. The van der Waals surface area contributed by atoms with Gasteiger partial charge in [-0.05, 0) is 61.2 Å². The van der Waals surface area contributed by atoms with Gasteiger partial charge >= 0.3 is 0 Å². The van der Waals surface area contributed by atoms with Crippen molar-refractivity contribution in [3.63, 3.8) is 0 Å². The molecule has 35 heavy (non-hydrogen) atoms. The third-order valence-corrected chi connectivity index (χ3v) is 6.54. The molecule has 2 unspecified atom stereocenters. The molecule has 1 amide bonds. The molecule has 7 heteroatoms. The van der Waals surface area contributed by atoms with Crippen molar-refractivity contribution in [3.05, 3.63) is 65.2 Å². The summed E-state index contributed by atoms with van der Waals surface area (Å²) in [5.74, 6) is -0.157. The van der Waals surface area contributed by atoms with E-state index in [0.717, 1.165) is 43.4 Å². The van der Waals surface area contributed by atoms with Crippen molar-refractivity contribution < 1.29 is 28.9 Å². The fraction of sp³-hybridized carbons (Fsp3) is 0.429. The zero-order chi connectivity index (χ0) is 24.8. The first-order valence-corrected chi connectivity index (χ1v) is 12.3. The van der Waals surface area contributed by atoms with Crippen LogP contribution in [0.5, 0.6) is 11.5 Å². The molecule has 2 saturated heterocycles. The van der Waals surface area contributed by atoms with Crippen LogP contribution in [0.25, 0.3) is 5.76 Å². The Morgan fingerprint density at radius 2 is 1.77 bits per heavy atom. The maximum atomic E-state index is 13.2. The number of unbranched alkanes of at least 4 members (excludes halogenated alkanes) is 2. The third-order valence-electron chi connectivity index (χ3n) is 6.54. The molecule has 7 nitrogen and oxygen atoms in total. The van der Waals surface area contributed by atoms with Crippen LogP contribution in [0.4, 0.5) is 0 Å². The van der Waals surface area contributed by atoms with Crippen LogP contribution in [0.2, 0.25) is 0 Å². The van der Waals surface area contributed by atoms with E-state index in [1.807, 2.05) is 24.3 Å². The number of likely N-dealkylation sites (tertiary alicyclic amines) is 1. The number of aliphatic hydroxyl groups is 1. The lowest BCUT2D eigenvalue weighted by molar-refractivity contribution is -0.140. The Bertz CT molecular complexity index is 1050. The molecule has 0 spiro atoms. The molecule has 2 aromatic carbocycles. The highest BCUT2D eigenvalue weighted by molar-refractivity contribution is 6.46. The predicted octanol–water partition coefficient (Wildman–Crippen LogP) is 4.86. The number of methoxy groups -OCH3 is 1. The lowest BCUT2D eigenvalue weighted by Crippen LogP contribution is -2.36. The van der Waals surface area contributed by atoms with E-state index >= 15 is 0 Å². The Hall–Kier alpha value is -3.32. The normalized spacial score (nSPS) is 21.5. The molecule has 4 rings (SSSR count). The molecule has 2 aromatic rings. The van der Waals surface area contributed by atoms with Gasteiger partial charge in [0.2, 0.25) is 0 Å². The quantitative estimate of drug-likeness (QED) is 0.227. The molecule has 2 heterocycles. The Morgan fingerprint density at radius 1 is 1.06 bits per heavy atom. The second-order valence-electron chi connectivity index (χ2n) is 8.94. The van der Waals surface area contributed by atoms with Gasteiger partial charge in [0.25, 0.3) is 11.7 Å². The van der Waals surface area contributed by atoms with Crippen LogP contribution >= 0.6 is 0 Å². The first kappa shape index (κ1) is 24.8. The average Bonchev–Trinajstić information content (AvgIpc) is 3.49. The largest absolute Gasteiger partial charge is 0.507 e. The van der Waals surface area contributed by atoms with Crippen LogP contribution in [0, 0.1) is 0 Å². The molecule has 2 aliphatic rings. The number of hydrogen-bond acceptors (Lipinski definition) is 6. The number of nitrogens with zero attached hydrogens (tertiary/aromatic N) is 1. The van der Waals surface area contributed by atoms with E-state index < -0.39 is 17.7 Å². The van der Waals surface area contributed by atoms with Crippen LogP contribution < -0.4 is 9.47 Å². The summed E-state index contributed by atoms with van der Waals surface area (Å²) in [4.78, 5) is 27.8. The molecule has 2 atom stereocenters. The molecule has 0 aromatic heterocycles. The molecular formula is C28H33NO6. The number of hydrogen-bond donors (Lipinski definition) is 1. The van der Waals surface area contributed by atoms with E-state index in [9.17, 15) is 14.7 Å². The van der Waals surface area contributed by atoms with Crippen molar-refractivity contribution in [1.82, 2.24) is 4.90 Å². The molecule has 186 valence electrons.